The number of halogens is 2. The van der Waals surface area contributed by atoms with Gasteiger partial charge in [-0.3, -0.25) is 4.90 Å². The largest absolute Gasteiger partial charge is 0.596 e. The Kier molecular flexibility index (Phi) is 9.04. The Hall–Kier alpha value is -2.78. The summed E-state index contributed by atoms with van der Waals surface area (Å²) in [6.45, 7) is 14.8. The molecule has 206 valence electrons. The van der Waals surface area contributed by atoms with Crippen molar-refractivity contribution >= 4 is 33.7 Å². The summed E-state index contributed by atoms with van der Waals surface area (Å²) in [6.07, 6.45) is -0.373. The summed E-state index contributed by atoms with van der Waals surface area (Å²) in [5.74, 6) is -0.530. The van der Waals surface area contributed by atoms with Crippen LogP contribution < -0.4 is 4.74 Å². The van der Waals surface area contributed by atoms with Gasteiger partial charge in [0.2, 0.25) is 0 Å². The van der Waals surface area contributed by atoms with Gasteiger partial charge in [-0.05, 0) is 76.4 Å². The molecule has 0 N–H and O–H groups in total. The molecule has 7 nitrogen and oxygen atoms in total. The maximum atomic E-state index is 14.7. The fourth-order valence-electron chi connectivity index (χ4n) is 4.40. The van der Waals surface area contributed by atoms with Gasteiger partial charge in [0.1, 0.15) is 28.3 Å². The number of ether oxygens (including phenoxy) is 3. The summed E-state index contributed by atoms with van der Waals surface area (Å²) in [5, 5.41) is 0. The molecule has 0 saturated heterocycles. The average Bonchev–Trinajstić information content (AvgIpc) is 2.81. The second kappa shape index (κ2) is 11.5. The van der Waals surface area contributed by atoms with E-state index in [-0.39, 0.29) is 17.5 Å². The Bertz CT molecular complexity index is 1270. The van der Waals surface area contributed by atoms with E-state index in [1.54, 1.807) is 29.7 Å². The third-order valence-electron chi connectivity index (χ3n) is 6.48. The van der Waals surface area contributed by atoms with E-state index in [1.165, 1.54) is 13.2 Å². The molecule has 0 spiro atoms. The van der Waals surface area contributed by atoms with Gasteiger partial charge < -0.3 is 14.2 Å². The van der Waals surface area contributed by atoms with Crippen molar-refractivity contribution < 1.29 is 32.8 Å². The fourth-order valence-corrected chi connectivity index (χ4v) is 4.75. The third kappa shape index (κ3) is 6.99. The predicted octanol–water partition coefficient (Wildman–Crippen LogP) is 6.01. The maximum absolute atomic E-state index is 14.7. The lowest BCUT2D eigenvalue weighted by molar-refractivity contribution is -0.459. The van der Waals surface area contributed by atoms with Crippen molar-refractivity contribution in [3.8, 4) is 5.75 Å². The van der Waals surface area contributed by atoms with Gasteiger partial charge in [-0.2, -0.15) is 4.79 Å². The molecule has 1 atom stereocenters. The quantitative estimate of drug-likeness (QED) is 0.303. The van der Waals surface area contributed by atoms with Crippen LogP contribution in [-0.2, 0) is 15.1 Å². The second-order valence-corrected chi connectivity index (χ2v) is 11.8. The van der Waals surface area contributed by atoms with Crippen LogP contribution in [0.1, 0.15) is 61.7 Å². The second-order valence-electron chi connectivity index (χ2n) is 11.0. The third-order valence-corrected chi connectivity index (χ3v) is 7.33. The van der Waals surface area contributed by atoms with Gasteiger partial charge >= 0.3 is 12.1 Å². The molecule has 0 saturated carbocycles. The lowest BCUT2D eigenvalue weighted by Crippen LogP contribution is -2.52. The van der Waals surface area contributed by atoms with Gasteiger partial charge in [0.25, 0.3) is 0 Å². The van der Waals surface area contributed by atoms with Gasteiger partial charge in [-0.1, -0.05) is 28.1 Å². The zero-order valence-corrected chi connectivity index (χ0v) is 25.0. The molecule has 1 aliphatic heterocycles. The van der Waals surface area contributed by atoms with Gasteiger partial charge in [0.05, 0.1) is 20.2 Å². The summed E-state index contributed by atoms with van der Waals surface area (Å²) >= 11 is 3.47. The Morgan fingerprint density at radius 2 is 1.76 bits per heavy atom. The van der Waals surface area contributed by atoms with E-state index >= 15 is 0 Å². The monoisotopic (exact) mass is 591 g/mol. The molecule has 0 aromatic heterocycles. The van der Waals surface area contributed by atoms with Crippen molar-refractivity contribution in [1.82, 2.24) is 4.90 Å². The highest BCUT2D eigenvalue weighted by Gasteiger charge is 2.38. The van der Waals surface area contributed by atoms with Gasteiger partial charge in [-0.25, -0.2) is 9.18 Å². The van der Waals surface area contributed by atoms with Crippen LogP contribution in [0.4, 0.5) is 9.18 Å². The number of nitrogens with zero attached hydrogens (tertiary/aromatic N) is 2. The van der Waals surface area contributed by atoms with Crippen molar-refractivity contribution in [2.75, 3.05) is 33.3 Å². The zero-order chi connectivity index (χ0) is 28.4. The molecule has 2 aromatic carbocycles. The van der Waals surface area contributed by atoms with E-state index < -0.39 is 17.2 Å². The molecule has 1 heterocycles. The van der Waals surface area contributed by atoms with Gasteiger partial charge in [-0.15, -0.1) is 4.58 Å². The smallest absolute Gasteiger partial charge is 0.481 e. The molecule has 38 heavy (non-hydrogen) atoms. The van der Waals surface area contributed by atoms with E-state index in [1.807, 2.05) is 47.6 Å². The summed E-state index contributed by atoms with van der Waals surface area (Å²) in [5.41, 5.74) is 1.52. The Morgan fingerprint density at radius 3 is 2.34 bits per heavy atom. The minimum atomic E-state index is -1.04. The molecular weight excluding hydrogens is 555 g/mol. The number of benzene rings is 2. The first kappa shape index (κ1) is 29.8. The summed E-state index contributed by atoms with van der Waals surface area (Å²) < 4.78 is 34.3. The van der Waals surface area contributed by atoms with Crippen LogP contribution in [-0.4, -0.2) is 66.1 Å². The predicted molar refractivity (Wildman–Crippen MR) is 148 cm³/mol. The molecule has 2 aromatic rings. The topological polar surface area (TPSA) is 68.1 Å². The number of hydrogen-bond donors (Lipinski definition) is 0. The zero-order valence-electron chi connectivity index (χ0n) is 23.4. The number of aryl methyl sites for hydroxylation is 2. The molecule has 0 unspecified atom stereocenters. The van der Waals surface area contributed by atoms with E-state index in [9.17, 15) is 14.0 Å². The molecule has 3 rings (SSSR count). The molecule has 0 fully saturated rings. The van der Waals surface area contributed by atoms with Crippen LogP contribution in [0.3, 0.4) is 0 Å². The minimum Gasteiger partial charge on any atom is -0.481 e. The highest BCUT2D eigenvalue weighted by molar-refractivity contribution is 9.10. The van der Waals surface area contributed by atoms with E-state index in [2.05, 4.69) is 20.8 Å². The van der Waals surface area contributed by atoms with Crippen LogP contribution in [0.2, 0.25) is 0 Å². The first-order valence-electron chi connectivity index (χ1n) is 12.5. The standard InChI is InChI=1S/C29H37BrFN2O5/c1-18-9-10-21(14-24(18)31)29(7,37-25-13-19(2)23(30)15-22(25)26(34)36-8)17-32-11-12-33(20(3)16-32)27(35)38-28(4,5)6/h9-10,13-15H,11-12,16-17H2,1-8H3/q+1/t29-/m0/s1. The summed E-state index contributed by atoms with van der Waals surface area (Å²) in [7, 11) is 1.32. The molecule has 1 aliphatic rings. The maximum Gasteiger partial charge on any atom is 0.596 e. The number of carbonyl (C=O) groups is 2. The van der Waals surface area contributed by atoms with Crippen molar-refractivity contribution in [3.63, 3.8) is 0 Å². The number of methoxy groups -OCH3 is 1. The van der Waals surface area contributed by atoms with Crippen LogP contribution in [0.25, 0.3) is 0 Å². The van der Waals surface area contributed by atoms with Crippen LogP contribution in [0, 0.1) is 19.7 Å². The Balaban J connectivity index is 1.99. The first-order valence-corrected chi connectivity index (χ1v) is 13.3. The molecule has 1 amide bonds. The van der Waals surface area contributed by atoms with Crippen molar-refractivity contribution in [3.05, 3.63) is 62.9 Å². The van der Waals surface area contributed by atoms with Crippen LogP contribution in [0.5, 0.6) is 5.75 Å². The first-order chi connectivity index (χ1) is 17.6. The van der Waals surface area contributed by atoms with Crippen molar-refractivity contribution in [2.24, 2.45) is 0 Å². The number of rotatable bonds is 6. The number of esters is 1. The van der Waals surface area contributed by atoms with E-state index in [4.69, 9.17) is 14.2 Å². The van der Waals surface area contributed by atoms with Crippen molar-refractivity contribution in [2.45, 2.75) is 59.7 Å². The molecule has 0 aliphatic carbocycles. The lowest BCUT2D eigenvalue weighted by Gasteiger charge is -2.37. The molecular formula is C29H37BrFN2O5+. The summed E-state index contributed by atoms with van der Waals surface area (Å²) in [6, 6.07) is 8.49. The summed E-state index contributed by atoms with van der Waals surface area (Å²) in [4.78, 5) is 27.4. The number of carbonyl (C=O) groups excluding carboxylic acids is 2. The van der Waals surface area contributed by atoms with Crippen LogP contribution in [0.15, 0.2) is 34.8 Å². The number of hydrogen-bond acceptors (Lipinski definition) is 6. The normalized spacial score (nSPS) is 16.2. The van der Waals surface area contributed by atoms with Crippen LogP contribution >= 0.6 is 15.9 Å². The minimum absolute atomic E-state index is 0.265. The van der Waals surface area contributed by atoms with Crippen molar-refractivity contribution in [1.29, 1.82) is 0 Å². The lowest BCUT2D eigenvalue weighted by atomic mass is 9.93. The fraction of sp³-hybridized carbons (Fsp3) is 0.483. The SMILES string of the molecule is COC(=O)c1cc(Br)c(C)cc1O[C@@](C)(CN1CC[N+](C(=O)OC(C)(C)C)=C(C)C1)c1ccc(C)c(F)c1. The molecule has 9 heteroatoms. The highest BCUT2D eigenvalue weighted by atomic mass is 79.9. The van der Waals surface area contributed by atoms with E-state index in [0.717, 1.165) is 15.7 Å². The molecule has 0 radical (unpaired) electrons. The van der Waals surface area contributed by atoms with E-state index in [0.29, 0.717) is 43.1 Å². The Morgan fingerprint density at radius 1 is 1.08 bits per heavy atom. The average molecular weight is 593 g/mol. The molecule has 0 bridgehead atoms. The Labute approximate surface area is 232 Å². The van der Waals surface area contributed by atoms with Gasteiger partial charge in [0.15, 0.2) is 12.3 Å². The van der Waals surface area contributed by atoms with Gasteiger partial charge in [0, 0.05) is 17.9 Å². The highest BCUT2D eigenvalue weighted by Crippen LogP contribution is 2.35. The number of amides is 1.